The second-order valence-corrected chi connectivity index (χ2v) is 2.91. The van der Waals surface area contributed by atoms with Crippen LogP contribution >= 0.6 is 0 Å². The topological polar surface area (TPSA) is 9.23 Å². The molecule has 0 radical (unpaired) electrons. The second-order valence-electron chi connectivity index (χ2n) is 2.91. The first-order valence-electron chi connectivity index (χ1n) is 3.89. The molecule has 0 bridgehead atoms. The lowest BCUT2D eigenvalue weighted by Crippen LogP contribution is -1.93. The van der Waals surface area contributed by atoms with Crippen molar-refractivity contribution in [1.29, 1.82) is 0 Å². The standard InChI is InChI=1S/C10H8F2O/c1-13-8-4-2-7(3-5-8)9-6-10(9,11)12/h2-6H,1H3. The van der Waals surface area contributed by atoms with Crippen LogP contribution in [0.2, 0.25) is 0 Å². The van der Waals surface area contributed by atoms with Crippen molar-refractivity contribution in [1.82, 2.24) is 0 Å². The molecule has 0 fully saturated rings. The molecule has 0 saturated heterocycles. The van der Waals surface area contributed by atoms with E-state index >= 15 is 0 Å². The first-order chi connectivity index (χ1) is 6.13. The third kappa shape index (κ3) is 1.41. The molecule has 0 atom stereocenters. The minimum absolute atomic E-state index is 0.107. The lowest BCUT2D eigenvalue weighted by Gasteiger charge is -2.01. The molecule has 1 nitrogen and oxygen atoms in total. The van der Waals surface area contributed by atoms with E-state index in [9.17, 15) is 8.78 Å². The maximum absolute atomic E-state index is 12.5. The minimum atomic E-state index is -2.69. The highest BCUT2D eigenvalue weighted by Crippen LogP contribution is 2.47. The summed E-state index contributed by atoms with van der Waals surface area (Å²) in [5.41, 5.74) is 0.668. The van der Waals surface area contributed by atoms with Crippen LogP contribution in [0, 0.1) is 0 Å². The Hall–Kier alpha value is -1.38. The number of alkyl halides is 2. The van der Waals surface area contributed by atoms with Crippen LogP contribution < -0.4 is 4.74 Å². The van der Waals surface area contributed by atoms with Crippen LogP contribution in [-0.2, 0) is 0 Å². The highest BCUT2D eigenvalue weighted by Gasteiger charge is 2.45. The Balaban J connectivity index is 2.21. The molecule has 0 unspecified atom stereocenters. The number of allylic oxidation sites excluding steroid dienone is 2. The average molecular weight is 182 g/mol. The van der Waals surface area contributed by atoms with E-state index in [1.54, 1.807) is 31.4 Å². The number of rotatable bonds is 2. The van der Waals surface area contributed by atoms with Gasteiger partial charge in [-0.2, -0.15) is 8.78 Å². The Morgan fingerprint density at radius 3 is 2.08 bits per heavy atom. The summed E-state index contributed by atoms with van der Waals surface area (Å²) in [6, 6.07) is 6.60. The van der Waals surface area contributed by atoms with Gasteiger partial charge in [0.2, 0.25) is 0 Å². The summed E-state index contributed by atoms with van der Waals surface area (Å²) in [5, 5.41) is 0. The smallest absolute Gasteiger partial charge is 0.292 e. The zero-order valence-electron chi connectivity index (χ0n) is 7.05. The molecule has 68 valence electrons. The number of halogens is 2. The van der Waals surface area contributed by atoms with E-state index in [0.717, 1.165) is 6.08 Å². The maximum atomic E-state index is 12.5. The summed E-state index contributed by atoms with van der Waals surface area (Å²) in [6.45, 7) is 0. The van der Waals surface area contributed by atoms with Crippen molar-refractivity contribution in [3.63, 3.8) is 0 Å². The van der Waals surface area contributed by atoms with Gasteiger partial charge in [0.15, 0.2) is 0 Å². The Morgan fingerprint density at radius 2 is 1.69 bits per heavy atom. The lowest BCUT2D eigenvalue weighted by molar-refractivity contribution is 0.159. The Kier molecular flexibility index (Phi) is 1.62. The van der Waals surface area contributed by atoms with Crippen LogP contribution in [0.4, 0.5) is 8.78 Å². The van der Waals surface area contributed by atoms with Crippen LogP contribution in [0.25, 0.3) is 5.57 Å². The van der Waals surface area contributed by atoms with Gasteiger partial charge >= 0.3 is 0 Å². The summed E-state index contributed by atoms with van der Waals surface area (Å²) >= 11 is 0. The molecule has 0 heterocycles. The molecule has 0 aliphatic heterocycles. The van der Waals surface area contributed by atoms with Gasteiger partial charge in [0.05, 0.1) is 7.11 Å². The van der Waals surface area contributed by atoms with E-state index < -0.39 is 5.92 Å². The summed E-state index contributed by atoms with van der Waals surface area (Å²) in [6.07, 6.45) is 0.953. The molecule has 1 aromatic carbocycles. The van der Waals surface area contributed by atoms with Crippen molar-refractivity contribution in [2.45, 2.75) is 5.92 Å². The molecule has 0 amide bonds. The zero-order valence-corrected chi connectivity index (χ0v) is 7.05. The van der Waals surface area contributed by atoms with E-state index in [0.29, 0.717) is 11.3 Å². The highest BCUT2D eigenvalue weighted by atomic mass is 19.3. The van der Waals surface area contributed by atoms with Crippen molar-refractivity contribution in [3.8, 4) is 5.75 Å². The maximum Gasteiger partial charge on any atom is 0.292 e. The lowest BCUT2D eigenvalue weighted by atomic mass is 10.1. The highest BCUT2D eigenvalue weighted by molar-refractivity contribution is 5.85. The fourth-order valence-corrected chi connectivity index (χ4v) is 1.19. The van der Waals surface area contributed by atoms with Gasteiger partial charge in [0.25, 0.3) is 5.92 Å². The van der Waals surface area contributed by atoms with Crippen LogP contribution in [0.1, 0.15) is 5.56 Å². The van der Waals surface area contributed by atoms with E-state index in [2.05, 4.69) is 0 Å². The Morgan fingerprint density at radius 1 is 1.15 bits per heavy atom. The number of hydrogen-bond acceptors (Lipinski definition) is 1. The van der Waals surface area contributed by atoms with E-state index in [1.807, 2.05) is 0 Å². The molecular weight excluding hydrogens is 174 g/mol. The number of benzene rings is 1. The van der Waals surface area contributed by atoms with Crippen LogP contribution in [0.5, 0.6) is 5.75 Å². The van der Waals surface area contributed by atoms with Gasteiger partial charge in [-0.1, -0.05) is 12.1 Å². The van der Waals surface area contributed by atoms with Gasteiger partial charge in [-0.15, -0.1) is 0 Å². The van der Waals surface area contributed by atoms with Crippen LogP contribution in [-0.4, -0.2) is 13.0 Å². The molecule has 13 heavy (non-hydrogen) atoms. The predicted octanol–water partition coefficient (Wildman–Crippen LogP) is 2.73. The van der Waals surface area contributed by atoms with Gasteiger partial charge < -0.3 is 4.74 Å². The molecule has 0 saturated carbocycles. The van der Waals surface area contributed by atoms with Gasteiger partial charge in [-0.3, -0.25) is 0 Å². The molecule has 3 heteroatoms. The van der Waals surface area contributed by atoms with E-state index in [1.165, 1.54) is 0 Å². The minimum Gasteiger partial charge on any atom is -0.497 e. The molecule has 1 aliphatic rings. The first kappa shape index (κ1) is 8.23. The molecule has 1 aromatic rings. The van der Waals surface area contributed by atoms with Gasteiger partial charge in [-0.25, -0.2) is 0 Å². The second kappa shape index (κ2) is 2.55. The number of hydrogen-bond donors (Lipinski definition) is 0. The third-order valence-electron chi connectivity index (χ3n) is 2.00. The van der Waals surface area contributed by atoms with Crippen molar-refractivity contribution in [2.24, 2.45) is 0 Å². The third-order valence-corrected chi connectivity index (χ3v) is 2.00. The average Bonchev–Trinajstić information content (AvgIpc) is 2.76. The summed E-state index contributed by atoms with van der Waals surface area (Å²) in [5.74, 6) is -2.01. The summed E-state index contributed by atoms with van der Waals surface area (Å²) in [7, 11) is 1.54. The van der Waals surface area contributed by atoms with Crippen molar-refractivity contribution in [2.75, 3.05) is 7.11 Å². The fourth-order valence-electron chi connectivity index (χ4n) is 1.19. The summed E-state index contributed by atoms with van der Waals surface area (Å²) in [4.78, 5) is 0. The fraction of sp³-hybridized carbons (Fsp3) is 0.200. The van der Waals surface area contributed by atoms with Crippen LogP contribution in [0.15, 0.2) is 30.3 Å². The van der Waals surface area contributed by atoms with Crippen molar-refractivity contribution >= 4 is 5.57 Å². The molecule has 1 aliphatic carbocycles. The first-order valence-corrected chi connectivity index (χ1v) is 3.89. The Bertz CT molecular complexity index is 352. The van der Waals surface area contributed by atoms with Gasteiger partial charge in [0.1, 0.15) is 5.75 Å². The normalized spacial score (nSPS) is 17.9. The monoisotopic (exact) mass is 182 g/mol. The molecule has 0 N–H and O–H groups in total. The predicted molar refractivity (Wildman–Crippen MR) is 45.9 cm³/mol. The zero-order chi connectivity index (χ0) is 9.47. The largest absolute Gasteiger partial charge is 0.497 e. The summed E-state index contributed by atoms with van der Waals surface area (Å²) < 4.78 is 30.0. The number of ether oxygens (including phenoxy) is 1. The molecule has 2 rings (SSSR count). The van der Waals surface area contributed by atoms with Crippen molar-refractivity contribution < 1.29 is 13.5 Å². The Labute approximate surface area is 74.6 Å². The van der Waals surface area contributed by atoms with Gasteiger partial charge in [-0.05, 0) is 23.8 Å². The number of methoxy groups -OCH3 is 1. The SMILES string of the molecule is COc1ccc(C2=CC2(F)F)cc1. The molecule has 0 spiro atoms. The quantitative estimate of drug-likeness (QED) is 0.683. The van der Waals surface area contributed by atoms with E-state index in [4.69, 9.17) is 4.74 Å². The molecular formula is C10H8F2O. The van der Waals surface area contributed by atoms with Crippen molar-refractivity contribution in [3.05, 3.63) is 35.9 Å². The van der Waals surface area contributed by atoms with Gasteiger partial charge in [0, 0.05) is 5.57 Å². The van der Waals surface area contributed by atoms with Crippen LogP contribution in [0.3, 0.4) is 0 Å². The van der Waals surface area contributed by atoms with E-state index in [-0.39, 0.29) is 5.57 Å². The molecule has 0 aromatic heterocycles.